The number of hydrogen-bond acceptors (Lipinski definition) is 6. The number of benzene rings is 1. The Morgan fingerprint density at radius 2 is 2.06 bits per heavy atom. The van der Waals surface area contributed by atoms with Crippen molar-refractivity contribution in [3.63, 3.8) is 0 Å². The molecule has 7 nitrogen and oxygen atoms in total. The minimum absolute atomic E-state index is 0.0706. The zero-order chi connectivity index (χ0) is 25.5. The normalized spacial score (nSPS) is 20.4. The van der Waals surface area contributed by atoms with E-state index in [-0.39, 0.29) is 24.1 Å². The van der Waals surface area contributed by atoms with Crippen LogP contribution in [-0.2, 0) is 9.53 Å². The quantitative estimate of drug-likeness (QED) is 0.466. The fraction of sp³-hybridized carbons (Fsp3) is 0.296. The predicted octanol–water partition coefficient (Wildman–Crippen LogP) is 4.02. The first-order valence-electron chi connectivity index (χ1n) is 11.7. The Morgan fingerprint density at radius 1 is 1.19 bits per heavy atom. The fourth-order valence-corrected chi connectivity index (χ4v) is 4.21. The van der Waals surface area contributed by atoms with Crippen LogP contribution in [0.5, 0.6) is 5.88 Å². The van der Waals surface area contributed by atoms with Gasteiger partial charge in [0.2, 0.25) is 11.8 Å². The highest BCUT2D eigenvalue weighted by molar-refractivity contribution is 5.84. The molecule has 1 aromatic carbocycles. The molecular weight excluding hydrogens is 466 g/mol. The van der Waals surface area contributed by atoms with Crippen LogP contribution < -0.4 is 15.8 Å². The van der Waals surface area contributed by atoms with Crippen molar-refractivity contribution in [2.45, 2.75) is 37.5 Å². The zero-order valence-electron chi connectivity index (χ0n) is 19.9. The molecule has 0 spiro atoms. The highest BCUT2D eigenvalue weighted by Gasteiger charge is 2.31. The number of carbonyl (C=O) groups is 1. The first-order chi connectivity index (χ1) is 17.4. The lowest BCUT2D eigenvalue weighted by Gasteiger charge is -2.35. The fourth-order valence-electron chi connectivity index (χ4n) is 4.21. The van der Waals surface area contributed by atoms with E-state index in [4.69, 9.17) is 15.2 Å². The number of halogens is 2. The number of nitrogens with zero attached hydrogens (tertiary/aromatic N) is 2. The van der Waals surface area contributed by atoms with Crippen LogP contribution in [0, 0.1) is 11.6 Å². The van der Waals surface area contributed by atoms with E-state index < -0.39 is 23.6 Å². The molecule has 0 unspecified atom stereocenters. The smallest absolute Gasteiger partial charge is 0.220 e. The van der Waals surface area contributed by atoms with Crippen molar-refractivity contribution in [2.24, 2.45) is 5.73 Å². The van der Waals surface area contributed by atoms with Crippen LogP contribution in [0.1, 0.15) is 30.4 Å². The third-order valence-electron chi connectivity index (χ3n) is 6.01. The van der Waals surface area contributed by atoms with Crippen molar-refractivity contribution in [2.75, 3.05) is 13.7 Å². The molecule has 36 heavy (non-hydrogen) atoms. The molecule has 3 heterocycles. The van der Waals surface area contributed by atoms with Crippen LogP contribution in [0.25, 0.3) is 23.2 Å². The number of ether oxygens (including phenoxy) is 2. The van der Waals surface area contributed by atoms with Gasteiger partial charge in [-0.1, -0.05) is 24.3 Å². The number of pyridine rings is 2. The summed E-state index contributed by atoms with van der Waals surface area (Å²) in [5.74, 6) is -0.945. The number of rotatable bonds is 9. The predicted molar refractivity (Wildman–Crippen MR) is 134 cm³/mol. The number of methoxy groups -OCH3 is 1. The average molecular weight is 495 g/mol. The second kappa shape index (κ2) is 11.8. The van der Waals surface area contributed by atoms with Crippen molar-refractivity contribution in [3.8, 4) is 5.88 Å². The van der Waals surface area contributed by atoms with Gasteiger partial charge in [0.25, 0.3) is 0 Å². The van der Waals surface area contributed by atoms with E-state index in [9.17, 15) is 13.6 Å². The minimum Gasteiger partial charge on any atom is -0.481 e. The van der Waals surface area contributed by atoms with E-state index in [0.717, 1.165) is 47.6 Å². The first kappa shape index (κ1) is 25.4. The van der Waals surface area contributed by atoms with Gasteiger partial charge in [0.05, 0.1) is 36.8 Å². The zero-order valence-corrected chi connectivity index (χ0v) is 19.9. The number of nitrogens with two attached hydrogens (primary N) is 1. The van der Waals surface area contributed by atoms with E-state index >= 15 is 0 Å². The minimum atomic E-state index is -0.500. The average Bonchev–Trinajstić information content (AvgIpc) is 2.87. The summed E-state index contributed by atoms with van der Waals surface area (Å²) in [6.45, 7) is 0.399. The van der Waals surface area contributed by atoms with Gasteiger partial charge in [-0.2, -0.15) is 0 Å². The van der Waals surface area contributed by atoms with E-state index in [2.05, 4.69) is 15.3 Å². The van der Waals surface area contributed by atoms with Crippen LogP contribution in [-0.4, -0.2) is 47.8 Å². The van der Waals surface area contributed by atoms with Gasteiger partial charge >= 0.3 is 0 Å². The first-order valence-corrected chi connectivity index (χ1v) is 11.7. The Morgan fingerprint density at radius 3 is 2.86 bits per heavy atom. The topological polar surface area (TPSA) is 99.4 Å². The molecular formula is C27H28F2N4O3. The number of carbonyl (C=O) groups excluding carboxylic acids is 1. The maximum Gasteiger partial charge on any atom is 0.220 e. The number of nitrogens with one attached hydrogen (secondary N) is 1. The molecule has 4 rings (SSSR count). The largest absolute Gasteiger partial charge is 0.481 e. The van der Waals surface area contributed by atoms with Gasteiger partial charge < -0.3 is 20.5 Å². The van der Waals surface area contributed by atoms with Crippen LogP contribution in [0.15, 0.2) is 54.7 Å². The molecule has 9 heteroatoms. The summed E-state index contributed by atoms with van der Waals surface area (Å²) in [5.41, 5.74) is 7.99. The molecule has 3 N–H and O–H groups in total. The molecule has 1 aliphatic rings. The van der Waals surface area contributed by atoms with Crippen molar-refractivity contribution in [1.29, 1.82) is 0 Å². The monoisotopic (exact) mass is 494 g/mol. The highest BCUT2D eigenvalue weighted by atomic mass is 19.1. The maximum atomic E-state index is 13.8. The number of fused-ring (bicyclic) bond motifs is 1. The van der Waals surface area contributed by atoms with Gasteiger partial charge in [-0.3, -0.25) is 9.78 Å². The molecule has 3 aromatic rings. The van der Waals surface area contributed by atoms with Crippen LogP contribution >= 0.6 is 0 Å². The highest BCUT2D eigenvalue weighted by Crippen LogP contribution is 2.25. The lowest BCUT2D eigenvalue weighted by Crippen LogP contribution is -2.48. The number of hydrogen-bond donors (Lipinski definition) is 2. The molecule has 3 atom stereocenters. The van der Waals surface area contributed by atoms with Crippen molar-refractivity contribution in [1.82, 2.24) is 15.3 Å². The second-order valence-electron chi connectivity index (χ2n) is 8.52. The molecule has 1 aliphatic heterocycles. The summed E-state index contributed by atoms with van der Waals surface area (Å²) in [7, 11) is 1.56. The third-order valence-corrected chi connectivity index (χ3v) is 6.01. The molecule has 0 bridgehead atoms. The van der Waals surface area contributed by atoms with Crippen molar-refractivity contribution in [3.05, 3.63) is 77.5 Å². The Balaban J connectivity index is 1.40. The lowest BCUT2D eigenvalue weighted by atomic mass is 9.95. The van der Waals surface area contributed by atoms with Gasteiger partial charge in [-0.05, 0) is 43.2 Å². The molecule has 1 amide bonds. The summed E-state index contributed by atoms with van der Waals surface area (Å²) in [6, 6.07) is 8.68. The van der Waals surface area contributed by atoms with Crippen LogP contribution in [0.2, 0.25) is 0 Å². The molecule has 0 radical (unpaired) electrons. The Labute approximate surface area is 208 Å². The van der Waals surface area contributed by atoms with Gasteiger partial charge in [0.1, 0.15) is 11.6 Å². The Kier molecular flexibility index (Phi) is 8.35. The third kappa shape index (κ3) is 6.50. The lowest BCUT2D eigenvalue weighted by molar-refractivity contribution is -0.124. The standard InChI is InChI=1S/C27H28F2N4O3/c1-35-26-11-10-23-27(33-26)17(12-14-32-23)4-6-20-7-9-22(24(36-20)16-25(30)34)31-13-2-3-18-15-19(28)5-8-21(18)29/h2-6,8,10-12,14-15,20,22,24,31H,7,9,13,16H2,1H3,(H2,30,34)/b3-2+,6-4+/t20-,22-,24-/m1/s1. The maximum absolute atomic E-state index is 13.8. The Bertz CT molecular complexity index is 1280. The molecule has 188 valence electrons. The van der Waals surface area contributed by atoms with Gasteiger partial charge in [0, 0.05) is 36.0 Å². The van der Waals surface area contributed by atoms with Gasteiger partial charge in [0.15, 0.2) is 0 Å². The molecule has 2 aromatic heterocycles. The molecule has 0 saturated carbocycles. The molecule has 1 saturated heterocycles. The molecule has 1 fully saturated rings. The van der Waals surface area contributed by atoms with E-state index in [1.807, 2.05) is 24.3 Å². The van der Waals surface area contributed by atoms with E-state index in [1.54, 1.807) is 25.4 Å². The summed E-state index contributed by atoms with van der Waals surface area (Å²) in [4.78, 5) is 20.5. The van der Waals surface area contributed by atoms with Crippen molar-refractivity contribution >= 4 is 29.1 Å². The summed E-state index contributed by atoms with van der Waals surface area (Å²) >= 11 is 0. The van der Waals surface area contributed by atoms with Crippen LogP contribution in [0.3, 0.4) is 0 Å². The van der Waals surface area contributed by atoms with Gasteiger partial charge in [-0.15, -0.1) is 0 Å². The number of amides is 1. The number of primary amides is 1. The SMILES string of the molecule is COc1ccc2nccc(/C=C/[C@@H]3CC[C@@H](NC/C=C/c4cc(F)ccc4F)[C@@H](CC(N)=O)O3)c2n1. The Hall–Kier alpha value is -3.69. The summed E-state index contributed by atoms with van der Waals surface area (Å²) < 4.78 is 38.6. The van der Waals surface area contributed by atoms with E-state index in [0.29, 0.717) is 12.4 Å². The second-order valence-corrected chi connectivity index (χ2v) is 8.52. The summed E-state index contributed by atoms with van der Waals surface area (Å²) in [6.07, 6.45) is 9.75. The van der Waals surface area contributed by atoms with Crippen molar-refractivity contribution < 1.29 is 23.0 Å². The van der Waals surface area contributed by atoms with Gasteiger partial charge in [-0.25, -0.2) is 13.8 Å². The molecule has 0 aliphatic carbocycles. The number of aromatic nitrogens is 2. The van der Waals surface area contributed by atoms with E-state index in [1.165, 1.54) is 6.08 Å². The summed E-state index contributed by atoms with van der Waals surface area (Å²) in [5, 5.41) is 3.32. The van der Waals surface area contributed by atoms with Crippen LogP contribution in [0.4, 0.5) is 8.78 Å².